The standard InChI is InChI=1S/C10H16O5/c1-2-3-7(4-9(11)12)10(13)15-6-8-5-14-8/h7-8H,2-6H2,1H3,(H,11,12). The molecule has 0 aromatic heterocycles. The van der Waals surface area contributed by atoms with E-state index in [0.29, 0.717) is 13.0 Å². The number of epoxide rings is 1. The first-order valence-corrected chi connectivity index (χ1v) is 5.13. The average Bonchev–Trinajstić information content (AvgIpc) is 2.96. The summed E-state index contributed by atoms with van der Waals surface area (Å²) in [6, 6.07) is 0. The number of rotatable bonds is 7. The maximum absolute atomic E-state index is 11.5. The van der Waals surface area contributed by atoms with Crippen molar-refractivity contribution in [3.63, 3.8) is 0 Å². The van der Waals surface area contributed by atoms with Crippen LogP contribution in [-0.4, -0.2) is 36.4 Å². The van der Waals surface area contributed by atoms with Gasteiger partial charge in [0, 0.05) is 0 Å². The normalized spacial score (nSPS) is 20.7. The van der Waals surface area contributed by atoms with E-state index < -0.39 is 17.9 Å². The molecular formula is C10H16O5. The average molecular weight is 216 g/mol. The number of hydrogen-bond donors (Lipinski definition) is 1. The van der Waals surface area contributed by atoms with E-state index in [4.69, 9.17) is 14.6 Å². The van der Waals surface area contributed by atoms with Crippen LogP contribution in [0.15, 0.2) is 0 Å². The highest BCUT2D eigenvalue weighted by atomic mass is 16.6. The maximum atomic E-state index is 11.5. The molecule has 1 heterocycles. The van der Waals surface area contributed by atoms with Crippen LogP contribution in [0.4, 0.5) is 0 Å². The molecule has 2 atom stereocenters. The maximum Gasteiger partial charge on any atom is 0.309 e. The Morgan fingerprint density at radius 2 is 2.27 bits per heavy atom. The van der Waals surface area contributed by atoms with Crippen LogP contribution in [0.1, 0.15) is 26.2 Å². The molecule has 5 nitrogen and oxygen atoms in total. The van der Waals surface area contributed by atoms with Crippen LogP contribution in [0, 0.1) is 5.92 Å². The quantitative estimate of drug-likeness (QED) is 0.503. The molecule has 1 aliphatic heterocycles. The summed E-state index contributed by atoms with van der Waals surface area (Å²) < 4.78 is 9.84. The molecule has 0 saturated carbocycles. The summed E-state index contributed by atoms with van der Waals surface area (Å²) >= 11 is 0. The van der Waals surface area contributed by atoms with E-state index in [1.807, 2.05) is 6.92 Å². The lowest BCUT2D eigenvalue weighted by Crippen LogP contribution is -2.22. The topological polar surface area (TPSA) is 76.1 Å². The van der Waals surface area contributed by atoms with Crippen molar-refractivity contribution in [3.05, 3.63) is 0 Å². The minimum atomic E-state index is -0.965. The highest BCUT2D eigenvalue weighted by Gasteiger charge is 2.27. The highest BCUT2D eigenvalue weighted by molar-refractivity contribution is 5.79. The second-order valence-corrected chi connectivity index (χ2v) is 3.67. The van der Waals surface area contributed by atoms with E-state index in [1.54, 1.807) is 0 Å². The molecule has 0 bridgehead atoms. The smallest absolute Gasteiger partial charge is 0.309 e. The molecule has 15 heavy (non-hydrogen) atoms. The van der Waals surface area contributed by atoms with Gasteiger partial charge in [-0.2, -0.15) is 0 Å². The fraction of sp³-hybridized carbons (Fsp3) is 0.800. The van der Waals surface area contributed by atoms with Gasteiger partial charge in [-0.15, -0.1) is 0 Å². The van der Waals surface area contributed by atoms with Crippen LogP contribution in [0.25, 0.3) is 0 Å². The summed E-state index contributed by atoms with van der Waals surface area (Å²) in [7, 11) is 0. The molecule has 0 aromatic carbocycles. The minimum Gasteiger partial charge on any atom is -0.481 e. The van der Waals surface area contributed by atoms with Crippen molar-refractivity contribution in [1.82, 2.24) is 0 Å². The molecule has 86 valence electrons. The van der Waals surface area contributed by atoms with E-state index in [1.165, 1.54) is 0 Å². The van der Waals surface area contributed by atoms with Gasteiger partial charge in [0.15, 0.2) is 0 Å². The molecule has 0 spiro atoms. The van der Waals surface area contributed by atoms with Crippen molar-refractivity contribution in [2.24, 2.45) is 5.92 Å². The molecule has 1 saturated heterocycles. The second-order valence-electron chi connectivity index (χ2n) is 3.67. The Morgan fingerprint density at radius 3 is 2.73 bits per heavy atom. The van der Waals surface area contributed by atoms with Crippen LogP contribution >= 0.6 is 0 Å². The number of esters is 1. The molecule has 0 amide bonds. The lowest BCUT2D eigenvalue weighted by atomic mass is 10.0. The van der Waals surface area contributed by atoms with Crippen molar-refractivity contribution in [2.75, 3.05) is 13.2 Å². The van der Waals surface area contributed by atoms with Gasteiger partial charge in [-0.05, 0) is 6.42 Å². The number of carbonyl (C=O) groups excluding carboxylic acids is 1. The van der Waals surface area contributed by atoms with Gasteiger partial charge in [0.05, 0.1) is 18.9 Å². The Balaban J connectivity index is 2.30. The van der Waals surface area contributed by atoms with E-state index in [9.17, 15) is 9.59 Å². The van der Waals surface area contributed by atoms with Gasteiger partial charge in [-0.1, -0.05) is 13.3 Å². The molecule has 1 rings (SSSR count). The van der Waals surface area contributed by atoms with Crippen LogP contribution in [0.2, 0.25) is 0 Å². The summed E-state index contributed by atoms with van der Waals surface area (Å²) in [5.41, 5.74) is 0. The Labute approximate surface area is 88.4 Å². The summed E-state index contributed by atoms with van der Waals surface area (Å²) in [5.74, 6) is -1.91. The Morgan fingerprint density at radius 1 is 1.60 bits per heavy atom. The zero-order valence-electron chi connectivity index (χ0n) is 8.77. The number of carboxylic acid groups (broad SMARTS) is 1. The van der Waals surface area contributed by atoms with Crippen molar-refractivity contribution in [3.8, 4) is 0 Å². The minimum absolute atomic E-state index is 0.0288. The SMILES string of the molecule is CCCC(CC(=O)O)C(=O)OCC1CO1. The first-order valence-electron chi connectivity index (χ1n) is 5.13. The Bertz CT molecular complexity index is 234. The molecule has 0 radical (unpaired) electrons. The predicted octanol–water partition coefficient (Wildman–Crippen LogP) is 0.819. The van der Waals surface area contributed by atoms with Gasteiger partial charge in [0.1, 0.15) is 12.7 Å². The third-order valence-corrected chi connectivity index (χ3v) is 2.21. The fourth-order valence-electron chi connectivity index (χ4n) is 1.32. The second kappa shape index (κ2) is 5.70. The van der Waals surface area contributed by atoms with Crippen LogP contribution in [0.5, 0.6) is 0 Å². The summed E-state index contributed by atoms with van der Waals surface area (Å²) in [6.45, 7) is 2.79. The van der Waals surface area contributed by atoms with Crippen molar-refractivity contribution in [2.45, 2.75) is 32.3 Å². The molecule has 1 aliphatic rings. The number of ether oxygens (including phenoxy) is 2. The van der Waals surface area contributed by atoms with Gasteiger partial charge >= 0.3 is 11.9 Å². The molecule has 1 N–H and O–H groups in total. The molecule has 0 aromatic rings. The largest absolute Gasteiger partial charge is 0.481 e. The van der Waals surface area contributed by atoms with E-state index in [-0.39, 0.29) is 19.1 Å². The molecule has 5 heteroatoms. The van der Waals surface area contributed by atoms with Crippen LogP contribution in [-0.2, 0) is 19.1 Å². The number of aliphatic carboxylic acids is 1. The predicted molar refractivity (Wildman–Crippen MR) is 51.3 cm³/mol. The monoisotopic (exact) mass is 216 g/mol. The lowest BCUT2D eigenvalue weighted by molar-refractivity contribution is -0.153. The van der Waals surface area contributed by atoms with Gasteiger partial charge in [0.2, 0.25) is 0 Å². The zero-order valence-corrected chi connectivity index (χ0v) is 8.77. The summed E-state index contributed by atoms with van der Waals surface area (Å²) in [5, 5.41) is 8.62. The Hall–Kier alpha value is -1.10. The lowest BCUT2D eigenvalue weighted by Gasteiger charge is -2.12. The third kappa shape index (κ3) is 4.78. The number of carbonyl (C=O) groups is 2. The van der Waals surface area contributed by atoms with E-state index in [2.05, 4.69) is 0 Å². The highest BCUT2D eigenvalue weighted by Crippen LogP contribution is 2.15. The van der Waals surface area contributed by atoms with Crippen LogP contribution < -0.4 is 0 Å². The van der Waals surface area contributed by atoms with Gasteiger partial charge in [-0.3, -0.25) is 9.59 Å². The number of carboxylic acids is 1. The molecule has 0 aliphatic carbocycles. The van der Waals surface area contributed by atoms with Crippen molar-refractivity contribution >= 4 is 11.9 Å². The van der Waals surface area contributed by atoms with Gasteiger partial charge < -0.3 is 14.6 Å². The van der Waals surface area contributed by atoms with Gasteiger partial charge in [0.25, 0.3) is 0 Å². The molecule has 1 fully saturated rings. The Kier molecular flexibility index (Phi) is 4.55. The first-order chi connectivity index (χ1) is 7.13. The molecular weight excluding hydrogens is 200 g/mol. The zero-order chi connectivity index (χ0) is 11.3. The first kappa shape index (κ1) is 12.0. The van der Waals surface area contributed by atoms with Crippen molar-refractivity contribution < 1.29 is 24.2 Å². The fourth-order valence-corrected chi connectivity index (χ4v) is 1.32. The third-order valence-electron chi connectivity index (χ3n) is 2.21. The van der Waals surface area contributed by atoms with Crippen LogP contribution in [0.3, 0.4) is 0 Å². The van der Waals surface area contributed by atoms with Crippen molar-refractivity contribution in [1.29, 1.82) is 0 Å². The summed E-state index contributed by atoms with van der Waals surface area (Å²) in [6.07, 6.45) is 1.20. The number of hydrogen-bond acceptors (Lipinski definition) is 4. The van der Waals surface area contributed by atoms with Gasteiger partial charge in [-0.25, -0.2) is 0 Å². The summed E-state index contributed by atoms with van der Waals surface area (Å²) in [4.78, 5) is 22.0. The molecule has 2 unspecified atom stereocenters. The van der Waals surface area contributed by atoms with E-state index in [0.717, 1.165) is 6.42 Å². The van der Waals surface area contributed by atoms with E-state index >= 15 is 0 Å².